The van der Waals surface area contributed by atoms with Crippen LogP contribution in [0, 0.1) is 5.41 Å². The maximum Gasteiger partial charge on any atom is 0.151 e. The van der Waals surface area contributed by atoms with Crippen LogP contribution >= 0.6 is 11.6 Å². The van der Waals surface area contributed by atoms with Gasteiger partial charge in [0.15, 0.2) is 5.15 Å². The van der Waals surface area contributed by atoms with Crippen molar-refractivity contribution in [3.05, 3.63) is 17.3 Å². The van der Waals surface area contributed by atoms with Crippen LogP contribution in [0.5, 0.6) is 0 Å². The maximum atomic E-state index is 5.63. The van der Waals surface area contributed by atoms with Gasteiger partial charge in [-0.1, -0.05) is 18.5 Å². The van der Waals surface area contributed by atoms with Gasteiger partial charge in [-0.2, -0.15) is 0 Å². The fraction of sp³-hybridized carbons (Fsp3) is 0.600. The van der Waals surface area contributed by atoms with Gasteiger partial charge in [0, 0.05) is 6.54 Å². The highest BCUT2D eigenvalue weighted by atomic mass is 35.5. The second kappa shape index (κ2) is 3.73. The van der Waals surface area contributed by atoms with E-state index in [0.717, 1.165) is 12.4 Å². The zero-order valence-corrected chi connectivity index (χ0v) is 9.01. The molecule has 1 fully saturated rings. The Labute approximate surface area is 88.9 Å². The average molecular weight is 212 g/mol. The molecule has 0 saturated heterocycles. The third-order valence-electron chi connectivity index (χ3n) is 2.77. The molecule has 1 aromatic rings. The lowest BCUT2D eigenvalue weighted by Crippen LogP contribution is -2.08. The van der Waals surface area contributed by atoms with Crippen LogP contribution in [-0.4, -0.2) is 16.7 Å². The number of aromatic nitrogens is 2. The lowest BCUT2D eigenvalue weighted by Gasteiger charge is -2.08. The molecule has 0 amide bonds. The Morgan fingerprint density at radius 2 is 2.21 bits per heavy atom. The first-order chi connectivity index (χ1) is 6.68. The first-order valence-corrected chi connectivity index (χ1v) is 5.29. The molecule has 1 aromatic heterocycles. The first kappa shape index (κ1) is 9.71. The molecule has 0 unspecified atom stereocenters. The van der Waals surface area contributed by atoms with Crippen LogP contribution in [0.15, 0.2) is 12.1 Å². The maximum absolute atomic E-state index is 5.63. The molecular weight excluding hydrogens is 198 g/mol. The van der Waals surface area contributed by atoms with E-state index in [-0.39, 0.29) is 0 Å². The number of nitrogens with zero attached hydrogens (tertiary/aromatic N) is 2. The molecule has 76 valence electrons. The minimum absolute atomic E-state index is 0.435. The number of nitrogens with one attached hydrogen (secondary N) is 1. The second-order valence-corrected chi connectivity index (χ2v) is 4.62. The minimum atomic E-state index is 0.435. The summed E-state index contributed by atoms with van der Waals surface area (Å²) in [4.78, 5) is 0. The highest BCUT2D eigenvalue weighted by Gasteiger charge is 2.36. The van der Waals surface area contributed by atoms with Gasteiger partial charge in [-0.3, -0.25) is 0 Å². The molecule has 4 heteroatoms. The summed E-state index contributed by atoms with van der Waals surface area (Å²) in [5.74, 6) is 0.804. The predicted octanol–water partition coefficient (Wildman–Crippen LogP) is 2.73. The SMILES string of the molecule is CC1(CCNc2ccc(Cl)nn2)CC1. The van der Waals surface area contributed by atoms with E-state index in [1.165, 1.54) is 19.3 Å². The Bertz CT molecular complexity index is 306. The van der Waals surface area contributed by atoms with Crippen molar-refractivity contribution in [1.29, 1.82) is 0 Å². The van der Waals surface area contributed by atoms with Crippen LogP contribution in [0.1, 0.15) is 26.2 Å². The quantitative estimate of drug-likeness (QED) is 0.832. The topological polar surface area (TPSA) is 37.8 Å². The Balaban J connectivity index is 1.77. The fourth-order valence-corrected chi connectivity index (χ4v) is 1.47. The molecule has 0 radical (unpaired) electrons. The molecule has 1 heterocycles. The largest absolute Gasteiger partial charge is 0.369 e. The van der Waals surface area contributed by atoms with Gasteiger partial charge in [-0.15, -0.1) is 10.2 Å². The lowest BCUT2D eigenvalue weighted by atomic mass is 10.1. The highest BCUT2D eigenvalue weighted by molar-refractivity contribution is 6.29. The smallest absolute Gasteiger partial charge is 0.151 e. The van der Waals surface area contributed by atoms with E-state index < -0.39 is 0 Å². The molecule has 0 spiro atoms. The summed E-state index contributed by atoms with van der Waals surface area (Å²) >= 11 is 5.63. The summed E-state index contributed by atoms with van der Waals surface area (Å²) in [5, 5.41) is 11.4. The van der Waals surface area contributed by atoms with Crippen molar-refractivity contribution in [2.45, 2.75) is 26.2 Å². The Morgan fingerprint density at radius 3 is 2.79 bits per heavy atom. The van der Waals surface area contributed by atoms with Crippen molar-refractivity contribution in [3.63, 3.8) is 0 Å². The summed E-state index contributed by atoms with van der Waals surface area (Å²) in [7, 11) is 0. The summed E-state index contributed by atoms with van der Waals surface area (Å²) in [6.45, 7) is 3.29. The van der Waals surface area contributed by atoms with Crippen LogP contribution in [-0.2, 0) is 0 Å². The Morgan fingerprint density at radius 1 is 1.43 bits per heavy atom. The van der Waals surface area contributed by atoms with E-state index in [0.29, 0.717) is 10.6 Å². The molecule has 1 aliphatic carbocycles. The van der Waals surface area contributed by atoms with Crippen LogP contribution in [0.4, 0.5) is 5.82 Å². The van der Waals surface area contributed by atoms with E-state index in [1.807, 2.05) is 6.07 Å². The summed E-state index contributed by atoms with van der Waals surface area (Å²) in [6.07, 6.45) is 3.93. The zero-order valence-electron chi connectivity index (χ0n) is 8.26. The Kier molecular flexibility index (Phi) is 2.59. The molecule has 1 N–H and O–H groups in total. The number of halogens is 1. The summed E-state index contributed by atoms with van der Waals surface area (Å²) in [6, 6.07) is 3.60. The van der Waals surface area contributed by atoms with Gasteiger partial charge in [-0.25, -0.2) is 0 Å². The van der Waals surface area contributed by atoms with Gasteiger partial charge in [0.25, 0.3) is 0 Å². The molecule has 1 saturated carbocycles. The van der Waals surface area contributed by atoms with Crippen molar-refractivity contribution >= 4 is 17.4 Å². The van der Waals surface area contributed by atoms with Gasteiger partial charge in [-0.05, 0) is 36.8 Å². The number of hydrogen-bond donors (Lipinski definition) is 1. The standard InChI is InChI=1S/C10H14ClN3/c1-10(4-5-10)6-7-12-9-3-2-8(11)13-14-9/h2-3H,4-7H2,1H3,(H,12,14). The van der Waals surface area contributed by atoms with E-state index in [4.69, 9.17) is 11.6 Å². The summed E-state index contributed by atoms with van der Waals surface area (Å²) in [5.41, 5.74) is 0.590. The highest BCUT2D eigenvalue weighted by Crippen LogP contribution is 2.47. The normalized spacial score (nSPS) is 17.9. The molecule has 0 aliphatic heterocycles. The molecular formula is C10H14ClN3. The van der Waals surface area contributed by atoms with Crippen molar-refractivity contribution in [1.82, 2.24) is 10.2 Å². The first-order valence-electron chi connectivity index (χ1n) is 4.91. The molecule has 3 nitrogen and oxygen atoms in total. The van der Waals surface area contributed by atoms with E-state index in [1.54, 1.807) is 6.07 Å². The van der Waals surface area contributed by atoms with E-state index in [2.05, 4.69) is 22.4 Å². The summed E-state index contributed by atoms with van der Waals surface area (Å²) < 4.78 is 0. The van der Waals surface area contributed by atoms with Gasteiger partial charge in [0.1, 0.15) is 5.82 Å². The second-order valence-electron chi connectivity index (χ2n) is 4.23. The van der Waals surface area contributed by atoms with Crippen molar-refractivity contribution in [3.8, 4) is 0 Å². The van der Waals surface area contributed by atoms with Gasteiger partial charge in [0.05, 0.1) is 0 Å². The lowest BCUT2D eigenvalue weighted by molar-refractivity contribution is 0.535. The third kappa shape index (κ3) is 2.58. The predicted molar refractivity (Wildman–Crippen MR) is 57.5 cm³/mol. The van der Waals surface area contributed by atoms with Crippen LogP contribution in [0.25, 0.3) is 0 Å². The molecule has 0 aromatic carbocycles. The van der Waals surface area contributed by atoms with Crippen LogP contribution < -0.4 is 5.32 Å². The Hall–Kier alpha value is -0.830. The van der Waals surface area contributed by atoms with Gasteiger partial charge < -0.3 is 5.32 Å². The number of anilines is 1. The molecule has 2 rings (SSSR count). The molecule has 14 heavy (non-hydrogen) atoms. The zero-order chi connectivity index (χ0) is 10.0. The van der Waals surface area contributed by atoms with Crippen molar-refractivity contribution in [2.24, 2.45) is 5.41 Å². The molecule has 1 aliphatic rings. The fourth-order valence-electron chi connectivity index (χ4n) is 1.37. The van der Waals surface area contributed by atoms with Crippen LogP contribution in [0.2, 0.25) is 5.15 Å². The van der Waals surface area contributed by atoms with Gasteiger partial charge in [0.2, 0.25) is 0 Å². The minimum Gasteiger partial charge on any atom is -0.369 e. The van der Waals surface area contributed by atoms with Gasteiger partial charge >= 0.3 is 0 Å². The third-order valence-corrected chi connectivity index (χ3v) is 2.97. The molecule has 0 atom stereocenters. The van der Waals surface area contributed by atoms with Crippen molar-refractivity contribution in [2.75, 3.05) is 11.9 Å². The van der Waals surface area contributed by atoms with E-state index >= 15 is 0 Å². The number of hydrogen-bond acceptors (Lipinski definition) is 3. The number of rotatable bonds is 4. The monoisotopic (exact) mass is 211 g/mol. The average Bonchev–Trinajstić information content (AvgIpc) is 2.88. The molecule has 0 bridgehead atoms. The van der Waals surface area contributed by atoms with E-state index in [9.17, 15) is 0 Å². The van der Waals surface area contributed by atoms with Crippen LogP contribution in [0.3, 0.4) is 0 Å². The van der Waals surface area contributed by atoms with Crippen molar-refractivity contribution < 1.29 is 0 Å².